The summed E-state index contributed by atoms with van der Waals surface area (Å²) in [5.74, 6) is -1.25. The lowest BCUT2D eigenvalue weighted by Crippen LogP contribution is -2.29. The Morgan fingerprint density at radius 2 is 1.89 bits per heavy atom. The Hall–Kier alpha value is -1.44. The molecule has 0 aliphatic carbocycles. The van der Waals surface area contributed by atoms with E-state index in [1.165, 1.54) is 6.08 Å². The number of carbonyl (C=O) groups excluding carboxylic acids is 2. The second-order valence-corrected chi connectivity index (χ2v) is 2.75. The average Bonchev–Trinajstić information content (AvgIpc) is 2.36. The molecule has 2 N–H and O–H groups in total. The standard InChI is InChI=1S/C7H10O6.C4H10O/c1-2-3-12-7(11)13-6(10)5(9)4-8;1-3-5-4-2/h2,5,8-9H,1,3-4H2;3-4H2,1-2H3. The molecule has 0 aromatic rings. The van der Waals surface area contributed by atoms with Crippen LogP contribution in [0.4, 0.5) is 4.79 Å². The minimum Gasteiger partial charge on any atom is -0.430 e. The van der Waals surface area contributed by atoms with Crippen molar-refractivity contribution in [2.75, 3.05) is 26.4 Å². The molecule has 0 saturated carbocycles. The molecule has 0 aromatic heterocycles. The monoisotopic (exact) mass is 264 g/mol. The van der Waals surface area contributed by atoms with Crippen LogP contribution in [-0.4, -0.2) is 54.9 Å². The molecule has 0 fully saturated rings. The predicted molar refractivity (Wildman–Crippen MR) is 62.9 cm³/mol. The van der Waals surface area contributed by atoms with Crippen molar-refractivity contribution >= 4 is 12.1 Å². The van der Waals surface area contributed by atoms with Crippen LogP contribution in [-0.2, 0) is 19.0 Å². The van der Waals surface area contributed by atoms with Crippen LogP contribution in [0.3, 0.4) is 0 Å². The Balaban J connectivity index is 0. The summed E-state index contributed by atoms with van der Waals surface area (Å²) >= 11 is 0. The van der Waals surface area contributed by atoms with Crippen LogP contribution in [0.5, 0.6) is 0 Å². The van der Waals surface area contributed by atoms with Crippen molar-refractivity contribution < 1.29 is 34.0 Å². The Morgan fingerprint density at radius 3 is 2.22 bits per heavy atom. The largest absolute Gasteiger partial charge is 0.516 e. The van der Waals surface area contributed by atoms with Crippen LogP contribution in [0.15, 0.2) is 12.7 Å². The third-order valence-electron chi connectivity index (χ3n) is 1.36. The highest BCUT2D eigenvalue weighted by molar-refractivity contribution is 5.84. The van der Waals surface area contributed by atoms with Gasteiger partial charge in [0.25, 0.3) is 0 Å². The van der Waals surface area contributed by atoms with Gasteiger partial charge in [-0.25, -0.2) is 9.59 Å². The molecule has 0 radical (unpaired) electrons. The quantitative estimate of drug-likeness (QED) is 0.402. The van der Waals surface area contributed by atoms with Crippen molar-refractivity contribution in [3.8, 4) is 0 Å². The van der Waals surface area contributed by atoms with Crippen LogP contribution in [0.25, 0.3) is 0 Å². The minimum absolute atomic E-state index is 0.0959. The molecule has 1 unspecified atom stereocenters. The zero-order valence-corrected chi connectivity index (χ0v) is 10.6. The first kappa shape index (κ1) is 18.9. The molecule has 0 bridgehead atoms. The summed E-state index contributed by atoms with van der Waals surface area (Å²) < 4.78 is 13.0. The highest BCUT2D eigenvalue weighted by Crippen LogP contribution is 1.91. The van der Waals surface area contributed by atoms with Crippen molar-refractivity contribution in [1.29, 1.82) is 0 Å². The molecule has 0 aromatic carbocycles. The highest BCUT2D eigenvalue weighted by Gasteiger charge is 2.19. The molecule has 0 aliphatic heterocycles. The third kappa shape index (κ3) is 12.6. The van der Waals surface area contributed by atoms with Crippen LogP contribution in [0, 0.1) is 0 Å². The number of aliphatic hydroxyl groups excluding tert-OH is 2. The zero-order valence-electron chi connectivity index (χ0n) is 10.6. The van der Waals surface area contributed by atoms with E-state index >= 15 is 0 Å². The van der Waals surface area contributed by atoms with Crippen LogP contribution < -0.4 is 0 Å². The van der Waals surface area contributed by atoms with Gasteiger partial charge in [-0.1, -0.05) is 12.7 Å². The smallest absolute Gasteiger partial charge is 0.430 e. The minimum atomic E-state index is -1.73. The van der Waals surface area contributed by atoms with Gasteiger partial charge < -0.3 is 24.4 Å². The summed E-state index contributed by atoms with van der Waals surface area (Å²) in [5, 5.41) is 16.9. The summed E-state index contributed by atoms with van der Waals surface area (Å²) in [4.78, 5) is 21.1. The number of carbonyl (C=O) groups is 2. The van der Waals surface area contributed by atoms with Gasteiger partial charge in [0.1, 0.15) is 6.61 Å². The summed E-state index contributed by atoms with van der Waals surface area (Å²) in [6.07, 6.45) is -1.68. The lowest BCUT2D eigenvalue weighted by molar-refractivity contribution is -0.151. The van der Waals surface area contributed by atoms with Gasteiger partial charge in [0.05, 0.1) is 6.61 Å². The van der Waals surface area contributed by atoms with E-state index in [2.05, 4.69) is 16.1 Å². The number of ether oxygens (including phenoxy) is 3. The van der Waals surface area contributed by atoms with E-state index < -0.39 is 24.8 Å². The summed E-state index contributed by atoms with van der Waals surface area (Å²) in [6.45, 7) is 8.01. The molecule has 106 valence electrons. The number of hydrogen-bond acceptors (Lipinski definition) is 7. The van der Waals surface area contributed by atoms with Crippen LogP contribution >= 0.6 is 0 Å². The van der Waals surface area contributed by atoms with E-state index in [1.54, 1.807) is 0 Å². The third-order valence-corrected chi connectivity index (χ3v) is 1.36. The molecule has 0 saturated heterocycles. The van der Waals surface area contributed by atoms with Gasteiger partial charge in [-0.05, 0) is 13.8 Å². The SMILES string of the molecule is C=CCOC(=O)OC(=O)C(O)CO.CCOCC. The maximum absolute atomic E-state index is 10.6. The van der Waals surface area contributed by atoms with Crippen molar-refractivity contribution in [3.63, 3.8) is 0 Å². The molecule has 1 atom stereocenters. The second-order valence-electron chi connectivity index (χ2n) is 2.75. The Morgan fingerprint density at radius 1 is 1.33 bits per heavy atom. The van der Waals surface area contributed by atoms with Gasteiger partial charge in [0.2, 0.25) is 0 Å². The van der Waals surface area contributed by atoms with Gasteiger partial charge in [-0.2, -0.15) is 0 Å². The van der Waals surface area contributed by atoms with E-state index in [-0.39, 0.29) is 6.61 Å². The molecule has 18 heavy (non-hydrogen) atoms. The van der Waals surface area contributed by atoms with Gasteiger partial charge in [-0.15, -0.1) is 0 Å². The van der Waals surface area contributed by atoms with E-state index in [1.807, 2.05) is 13.8 Å². The second kappa shape index (κ2) is 13.6. The normalized spacial score (nSPS) is 10.7. The van der Waals surface area contributed by atoms with E-state index in [4.69, 9.17) is 14.9 Å². The topological polar surface area (TPSA) is 102 Å². The first-order chi connectivity index (χ1) is 8.53. The lowest BCUT2D eigenvalue weighted by atomic mass is 10.4. The fourth-order valence-electron chi connectivity index (χ4n) is 0.585. The summed E-state index contributed by atoms with van der Waals surface area (Å²) in [5.41, 5.74) is 0. The molecule has 0 amide bonds. The molecule has 7 nitrogen and oxygen atoms in total. The molecule has 0 spiro atoms. The Bertz CT molecular complexity index is 238. The summed E-state index contributed by atoms with van der Waals surface area (Å²) in [6, 6.07) is 0. The molecular formula is C11H20O7. The average molecular weight is 264 g/mol. The van der Waals surface area contributed by atoms with Gasteiger partial charge >= 0.3 is 12.1 Å². The molecule has 7 heteroatoms. The van der Waals surface area contributed by atoms with Crippen molar-refractivity contribution in [3.05, 3.63) is 12.7 Å². The maximum atomic E-state index is 10.6. The molecular weight excluding hydrogens is 244 g/mol. The zero-order chi connectivity index (χ0) is 14.4. The van der Waals surface area contributed by atoms with E-state index in [0.717, 1.165) is 13.2 Å². The highest BCUT2D eigenvalue weighted by atomic mass is 16.7. The van der Waals surface area contributed by atoms with Crippen molar-refractivity contribution in [2.24, 2.45) is 0 Å². The van der Waals surface area contributed by atoms with Crippen LogP contribution in [0.2, 0.25) is 0 Å². The summed E-state index contributed by atoms with van der Waals surface area (Å²) in [7, 11) is 0. The van der Waals surface area contributed by atoms with Crippen molar-refractivity contribution in [2.45, 2.75) is 20.0 Å². The molecule has 0 heterocycles. The first-order valence-corrected chi connectivity index (χ1v) is 5.39. The fourth-order valence-corrected chi connectivity index (χ4v) is 0.585. The van der Waals surface area contributed by atoms with Gasteiger partial charge in [0.15, 0.2) is 6.10 Å². The Labute approximate surface area is 106 Å². The molecule has 0 aliphatic rings. The van der Waals surface area contributed by atoms with E-state index in [9.17, 15) is 9.59 Å². The number of esters is 1. The van der Waals surface area contributed by atoms with Gasteiger partial charge in [-0.3, -0.25) is 0 Å². The van der Waals surface area contributed by atoms with E-state index in [0.29, 0.717) is 0 Å². The number of rotatable bonds is 6. The van der Waals surface area contributed by atoms with Crippen LogP contribution in [0.1, 0.15) is 13.8 Å². The maximum Gasteiger partial charge on any atom is 0.516 e. The van der Waals surface area contributed by atoms with Gasteiger partial charge in [0, 0.05) is 13.2 Å². The Kier molecular flexibility index (Phi) is 14.3. The lowest BCUT2D eigenvalue weighted by Gasteiger charge is -2.05. The predicted octanol–water partition coefficient (Wildman–Crippen LogP) is 0.248. The van der Waals surface area contributed by atoms with Crippen molar-refractivity contribution in [1.82, 2.24) is 0 Å². The number of aliphatic hydroxyl groups is 2. The fraction of sp³-hybridized carbons (Fsp3) is 0.636. The first-order valence-electron chi connectivity index (χ1n) is 5.39. The molecule has 0 rings (SSSR count). The number of hydrogen-bond donors (Lipinski definition) is 2.